The van der Waals surface area contributed by atoms with Gasteiger partial charge in [-0.2, -0.15) is 13.2 Å². The molecule has 38 heavy (non-hydrogen) atoms. The van der Waals surface area contributed by atoms with Crippen molar-refractivity contribution in [3.63, 3.8) is 0 Å². The molecular formula is C26H28F3N5O4. The number of benzene rings is 1. The van der Waals surface area contributed by atoms with Crippen LogP contribution in [-0.2, 0) is 10.9 Å². The van der Waals surface area contributed by atoms with E-state index in [-0.39, 0.29) is 29.7 Å². The van der Waals surface area contributed by atoms with Gasteiger partial charge in [0.15, 0.2) is 0 Å². The molecule has 1 aromatic carbocycles. The normalized spacial score (nSPS) is 17.2. The topological polar surface area (TPSA) is 98.6 Å². The first-order chi connectivity index (χ1) is 18.0. The number of alkyl halides is 3. The summed E-state index contributed by atoms with van der Waals surface area (Å²) in [7, 11) is 1.96. The molecule has 4 rings (SSSR count). The minimum absolute atomic E-state index is 0.0338. The van der Waals surface area contributed by atoms with Gasteiger partial charge in [-0.05, 0) is 39.1 Å². The van der Waals surface area contributed by atoms with Crippen molar-refractivity contribution in [2.45, 2.75) is 32.2 Å². The van der Waals surface area contributed by atoms with Gasteiger partial charge in [-0.15, -0.1) is 0 Å². The van der Waals surface area contributed by atoms with E-state index >= 15 is 0 Å². The lowest BCUT2D eigenvalue weighted by Crippen LogP contribution is -2.43. The number of likely N-dealkylation sites (N-methyl/N-ethyl adjacent to an activating group) is 1. The molecule has 3 heterocycles. The van der Waals surface area contributed by atoms with Crippen LogP contribution in [0.3, 0.4) is 0 Å². The molecule has 202 valence electrons. The van der Waals surface area contributed by atoms with E-state index in [2.05, 4.69) is 20.2 Å². The Hall–Kier alpha value is -3.77. The van der Waals surface area contributed by atoms with Crippen LogP contribution in [0, 0.1) is 6.92 Å². The number of carbonyl (C=O) groups excluding carboxylic acids is 1. The van der Waals surface area contributed by atoms with Crippen LogP contribution in [0.4, 0.5) is 13.2 Å². The molecule has 1 aliphatic rings. The SMILES string of the molecule is Cc1ccc(-n2c(OC[C@H]3CN(C)CCO3)c(C(=O)N[C@H](C)c3cnc(C(F)(F)F)nc3)ccc2=O)cc1. The van der Waals surface area contributed by atoms with E-state index in [1.807, 2.05) is 26.1 Å². The Bertz CT molecular complexity index is 1330. The molecule has 0 aliphatic carbocycles. The molecule has 1 N–H and O–H groups in total. The van der Waals surface area contributed by atoms with Crippen molar-refractivity contribution < 1.29 is 27.4 Å². The third kappa shape index (κ3) is 6.37. The number of amides is 1. The quantitative estimate of drug-likeness (QED) is 0.500. The molecule has 9 nitrogen and oxygen atoms in total. The first-order valence-corrected chi connectivity index (χ1v) is 12.0. The fourth-order valence-electron chi connectivity index (χ4n) is 3.98. The second-order valence-electron chi connectivity index (χ2n) is 9.16. The Morgan fingerprint density at radius 1 is 1.18 bits per heavy atom. The third-order valence-electron chi connectivity index (χ3n) is 6.10. The van der Waals surface area contributed by atoms with Crippen molar-refractivity contribution >= 4 is 5.91 Å². The van der Waals surface area contributed by atoms with Gasteiger partial charge in [0, 0.05) is 37.1 Å². The van der Waals surface area contributed by atoms with Crippen molar-refractivity contribution in [2.75, 3.05) is 33.4 Å². The van der Waals surface area contributed by atoms with E-state index in [0.29, 0.717) is 18.8 Å². The van der Waals surface area contributed by atoms with E-state index < -0.39 is 29.5 Å². The number of aromatic nitrogens is 3. The van der Waals surface area contributed by atoms with Gasteiger partial charge in [0.2, 0.25) is 11.7 Å². The van der Waals surface area contributed by atoms with Crippen molar-refractivity contribution in [3.8, 4) is 11.6 Å². The number of ether oxygens (including phenoxy) is 2. The number of pyridine rings is 1. The number of nitrogens with one attached hydrogen (secondary N) is 1. The predicted octanol–water partition coefficient (Wildman–Crippen LogP) is 3.16. The maximum atomic E-state index is 13.4. The molecule has 2 aromatic heterocycles. The highest BCUT2D eigenvalue weighted by Gasteiger charge is 2.34. The summed E-state index contributed by atoms with van der Waals surface area (Å²) < 4.78 is 51.6. The van der Waals surface area contributed by atoms with Gasteiger partial charge >= 0.3 is 6.18 Å². The number of aryl methyl sites for hydroxylation is 1. The van der Waals surface area contributed by atoms with Crippen molar-refractivity contribution in [1.82, 2.24) is 24.8 Å². The lowest BCUT2D eigenvalue weighted by atomic mass is 10.1. The van der Waals surface area contributed by atoms with E-state index in [4.69, 9.17) is 9.47 Å². The fourth-order valence-corrected chi connectivity index (χ4v) is 3.98. The smallest absolute Gasteiger partial charge is 0.451 e. The summed E-state index contributed by atoms with van der Waals surface area (Å²) in [5.74, 6) is -1.82. The second kappa shape index (κ2) is 11.3. The number of hydrogen-bond donors (Lipinski definition) is 1. The number of carbonyl (C=O) groups is 1. The zero-order valence-corrected chi connectivity index (χ0v) is 21.2. The second-order valence-corrected chi connectivity index (χ2v) is 9.16. The summed E-state index contributed by atoms with van der Waals surface area (Å²) in [4.78, 5) is 35.1. The first kappa shape index (κ1) is 27.3. The van der Waals surface area contributed by atoms with Gasteiger partial charge in [-0.3, -0.25) is 9.59 Å². The Morgan fingerprint density at radius 3 is 2.50 bits per heavy atom. The minimum atomic E-state index is -4.67. The van der Waals surface area contributed by atoms with Crippen LogP contribution in [0.25, 0.3) is 5.69 Å². The molecule has 12 heteroatoms. The molecule has 1 amide bonds. The molecule has 1 saturated heterocycles. The van der Waals surface area contributed by atoms with Crippen molar-refractivity contribution in [1.29, 1.82) is 0 Å². The van der Waals surface area contributed by atoms with E-state index in [9.17, 15) is 22.8 Å². The van der Waals surface area contributed by atoms with Crippen molar-refractivity contribution in [3.05, 3.63) is 81.7 Å². The van der Waals surface area contributed by atoms with Crippen LogP contribution < -0.4 is 15.6 Å². The summed E-state index contributed by atoms with van der Waals surface area (Å²) in [5.41, 5.74) is 1.46. The number of rotatable bonds is 7. The van der Waals surface area contributed by atoms with Gasteiger partial charge < -0.3 is 19.7 Å². The molecule has 3 aromatic rings. The summed E-state index contributed by atoms with van der Waals surface area (Å²) in [6.45, 7) is 5.54. The Labute approximate surface area is 217 Å². The standard InChI is InChI=1S/C26H28F3N5O4/c1-16-4-6-19(7-5-16)34-22(35)9-8-21(24(34)38-15-20-14-33(3)10-11-37-20)23(36)32-17(2)18-12-30-25(31-13-18)26(27,28)29/h4-9,12-13,17,20H,10-11,14-15H2,1-3H3,(H,32,36)/t17-,20-/m1/s1. The molecule has 0 saturated carbocycles. The van der Waals surface area contributed by atoms with Gasteiger partial charge in [0.1, 0.15) is 18.3 Å². The molecule has 0 radical (unpaired) electrons. The van der Waals surface area contributed by atoms with E-state index in [1.54, 1.807) is 19.1 Å². The molecule has 0 unspecified atom stereocenters. The van der Waals surface area contributed by atoms with E-state index in [1.165, 1.54) is 16.7 Å². The zero-order chi connectivity index (χ0) is 27.4. The van der Waals surface area contributed by atoms with Gasteiger partial charge in [0.05, 0.1) is 18.3 Å². The third-order valence-corrected chi connectivity index (χ3v) is 6.10. The number of hydrogen-bond acceptors (Lipinski definition) is 7. The summed E-state index contributed by atoms with van der Waals surface area (Å²) in [6, 6.07) is 9.07. The molecule has 0 spiro atoms. The average Bonchev–Trinajstić information content (AvgIpc) is 2.87. The lowest BCUT2D eigenvalue weighted by molar-refractivity contribution is -0.145. The van der Waals surface area contributed by atoms with Crippen LogP contribution >= 0.6 is 0 Å². The number of morpholine rings is 1. The molecule has 1 fully saturated rings. The molecule has 2 atom stereocenters. The van der Waals surface area contributed by atoms with Crippen molar-refractivity contribution in [2.24, 2.45) is 0 Å². The molecular weight excluding hydrogens is 503 g/mol. The van der Waals surface area contributed by atoms with Crippen LogP contribution in [0.5, 0.6) is 5.88 Å². The average molecular weight is 532 g/mol. The van der Waals surface area contributed by atoms with Gasteiger partial charge in [0.25, 0.3) is 11.5 Å². The van der Waals surface area contributed by atoms with E-state index in [0.717, 1.165) is 24.5 Å². The summed E-state index contributed by atoms with van der Waals surface area (Å²) in [5, 5.41) is 2.73. The predicted molar refractivity (Wildman–Crippen MR) is 132 cm³/mol. The first-order valence-electron chi connectivity index (χ1n) is 12.0. The maximum absolute atomic E-state index is 13.4. The highest BCUT2D eigenvalue weighted by molar-refractivity contribution is 5.96. The zero-order valence-electron chi connectivity index (χ0n) is 21.2. The van der Waals surface area contributed by atoms with Crippen LogP contribution in [0.2, 0.25) is 0 Å². The van der Waals surface area contributed by atoms with Crippen LogP contribution in [0.15, 0.2) is 53.6 Å². The van der Waals surface area contributed by atoms with Gasteiger partial charge in [-0.25, -0.2) is 14.5 Å². The molecule has 0 bridgehead atoms. The molecule has 1 aliphatic heterocycles. The fraction of sp³-hybridized carbons (Fsp3) is 0.385. The highest BCUT2D eigenvalue weighted by atomic mass is 19.4. The minimum Gasteiger partial charge on any atom is -0.475 e. The summed E-state index contributed by atoms with van der Waals surface area (Å²) >= 11 is 0. The lowest BCUT2D eigenvalue weighted by Gasteiger charge is -2.30. The Morgan fingerprint density at radius 2 is 1.87 bits per heavy atom. The van der Waals surface area contributed by atoms with Gasteiger partial charge in [-0.1, -0.05) is 17.7 Å². The number of nitrogens with zero attached hydrogens (tertiary/aromatic N) is 4. The monoisotopic (exact) mass is 531 g/mol. The largest absolute Gasteiger partial charge is 0.475 e. The van der Waals surface area contributed by atoms with Crippen LogP contribution in [0.1, 0.15) is 40.3 Å². The highest BCUT2D eigenvalue weighted by Crippen LogP contribution is 2.27. The Balaban J connectivity index is 1.64. The Kier molecular flexibility index (Phi) is 8.12. The maximum Gasteiger partial charge on any atom is 0.451 e. The van der Waals surface area contributed by atoms with Crippen LogP contribution in [-0.4, -0.2) is 64.8 Å². The summed E-state index contributed by atoms with van der Waals surface area (Å²) in [6.07, 6.45) is -2.91. The number of halogens is 3.